The Kier molecular flexibility index (Phi) is 7.20. The van der Waals surface area contributed by atoms with Gasteiger partial charge in [0.25, 0.3) is 5.91 Å². The van der Waals surface area contributed by atoms with Gasteiger partial charge in [-0.05, 0) is 49.7 Å². The molecule has 2 aromatic rings. The van der Waals surface area contributed by atoms with E-state index in [9.17, 15) is 13.2 Å². The van der Waals surface area contributed by atoms with Gasteiger partial charge < -0.3 is 14.8 Å². The molecule has 0 aliphatic carbocycles. The van der Waals surface area contributed by atoms with Crippen LogP contribution in [0.2, 0.25) is 0 Å². The van der Waals surface area contributed by atoms with E-state index in [-0.39, 0.29) is 4.90 Å². The molecule has 0 aliphatic rings. The first-order valence-electron chi connectivity index (χ1n) is 8.69. The molecule has 7 nitrogen and oxygen atoms in total. The summed E-state index contributed by atoms with van der Waals surface area (Å²) in [5.74, 6) is 0.667. The molecule has 0 radical (unpaired) electrons. The van der Waals surface area contributed by atoms with Gasteiger partial charge in [-0.3, -0.25) is 4.79 Å². The van der Waals surface area contributed by atoms with Gasteiger partial charge in [0.2, 0.25) is 10.0 Å². The molecule has 0 atom stereocenters. The van der Waals surface area contributed by atoms with E-state index in [2.05, 4.69) is 12.2 Å². The Hall–Kier alpha value is -2.58. The molecule has 27 heavy (non-hydrogen) atoms. The van der Waals surface area contributed by atoms with Crippen LogP contribution in [-0.2, 0) is 10.0 Å². The number of benzene rings is 2. The van der Waals surface area contributed by atoms with Crippen LogP contribution in [-0.4, -0.2) is 27.5 Å². The Labute approximate surface area is 159 Å². The second-order valence-electron chi connectivity index (χ2n) is 5.82. The predicted octanol–water partition coefficient (Wildman–Crippen LogP) is 3.16. The van der Waals surface area contributed by atoms with Gasteiger partial charge in [0.1, 0.15) is 0 Å². The number of nitrogens with two attached hydrogens (primary N) is 1. The van der Waals surface area contributed by atoms with Gasteiger partial charge >= 0.3 is 0 Å². The van der Waals surface area contributed by atoms with E-state index in [0.29, 0.717) is 36.0 Å². The van der Waals surface area contributed by atoms with Gasteiger partial charge in [0, 0.05) is 11.3 Å². The minimum absolute atomic E-state index is 0.0741. The lowest BCUT2D eigenvalue weighted by atomic mass is 10.1. The maximum atomic E-state index is 12.5. The maximum absolute atomic E-state index is 12.5. The van der Waals surface area contributed by atoms with Crippen LogP contribution in [0.5, 0.6) is 11.5 Å². The number of anilines is 1. The first-order chi connectivity index (χ1) is 12.8. The number of hydrogen-bond donors (Lipinski definition) is 2. The molecular weight excluding hydrogens is 368 g/mol. The summed E-state index contributed by atoms with van der Waals surface area (Å²) < 4.78 is 34.1. The second kappa shape index (κ2) is 9.38. The summed E-state index contributed by atoms with van der Waals surface area (Å²) >= 11 is 0. The molecule has 0 aromatic heterocycles. The number of rotatable bonds is 9. The summed E-state index contributed by atoms with van der Waals surface area (Å²) in [7, 11) is -3.84. The van der Waals surface area contributed by atoms with Crippen molar-refractivity contribution in [1.29, 1.82) is 0 Å². The van der Waals surface area contributed by atoms with E-state index in [0.717, 1.165) is 12.8 Å². The van der Waals surface area contributed by atoms with E-state index in [4.69, 9.17) is 14.6 Å². The van der Waals surface area contributed by atoms with Crippen molar-refractivity contribution in [2.45, 2.75) is 31.6 Å². The number of nitrogens with one attached hydrogen (secondary N) is 1. The molecule has 1 amide bonds. The van der Waals surface area contributed by atoms with Crippen molar-refractivity contribution in [2.24, 2.45) is 5.14 Å². The molecule has 0 unspecified atom stereocenters. The highest BCUT2D eigenvalue weighted by molar-refractivity contribution is 7.89. The Bertz CT molecular complexity index is 897. The molecule has 0 bridgehead atoms. The molecule has 146 valence electrons. The third kappa shape index (κ3) is 5.97. The van der Waals surface area contributed by atoms with Crippen molar-refractivity contribution in [3.05, 3.63) is 48.0 Å². The SMILES string of the molecule is CCCCOc1ccc(C(=O)Nc2cccc(S(N)(=O)=O)c2)cc1OCC. The normalized spacial score (nSPS) is 11.1. The Balaban J connectivity index is 2.19. The number of primary sulfonamides is 1. The predicted molar refractivity (Wildman–Crippen MR) is 104 cm³/mol. The minimum Gasteiger partial charge on any atom is -0.490 e. The van der Waals surface area contributed by atoms with Crippen LogP contribution in [0, 0.1) is 0 Å². The van der Waals surface area contributed by atoms with Gasteiger partial charge in [-0.1, -0.05) is 19.4 Å². The first-order valence-corrected chi connectivity index (χ1v) is 10.2. The fraction of sp³-hybridized carbons (Fsp3) is 0.316. The fourth-order valence-electron chi connectivity index (χ4n) is 2.32. The Morgan fingerprint density at radius 3 is 2.52 bits per heavy atom. The summed E-state index contributed by atoms with van der Waals surface area (Å²) in [6.45, 7) is 4.93. The topological polar surface area (TPSA) is 108 Å². The largest absolute Gasteiger partial charge is 0.490 e. The molecule has 3 N–H and O–H groups in total. The van der Waals surface area contributed by atoms with Crippen LogP contribution < -0.4 is 19.9 Å². The molecule has 2 rings (SSSR count). The number of unbranched alkanes of at least 4 members (excludes halogenated alkanes) is 1. The second-order valence-corrected chi connectivity index (χ2v) is 7.38. The first kappa shape index (κ1) is 20.7. The van der Waals surface area contributed by atoms with Crippen LogP contribution in [0.3, 0.4) is 0 Å². The molecule has 8 heteroatoms. The highest BCUT2D eigenvalue weighted by Gasteiger charge is 2.14. The van der Waals surface area contributed by atoms with E-state index >= 15 is 0 Å². The zero-order valence-electron chi connectivity index (χ0n) is 15.4. The number of sulfonamides is 1. The summed E-state index contributed by atoms with van der Waals surface area (Å²) in [6, 6.07) is 10.7. The molecular formula is C19H24N2O5S. The fourth-order valence-corrected chi connectivity index (χ4v) is 2.88. The number of carbonyl (C=O) groups is 1. The van der Waals surface area contributed by atoms with Gasteiger partial charge in [0.05, 0.1) is 18.1 Å². The van der Waals surface area contributed by atoms with E-state index < -0.39 is 15.9 Å². The lowest BCUT2D eigenvalue weighted by molar-refractivity contribution is 0.102. The van der Waals surface area contributed by atoms with Gasteiger partial charge in [0.15, 0.2) is 11.5 Å². The summed E-state index contributed by atoms with van der Waals surface area (Å²) in [5, 5.41) is 7.77. The van der Waals surface area contributed by atoms with Crippen molar-refractivity contribution >= 4 is 21.6 Å². The number of amides is 1. The molecule has 0 saturated carbocycles. The average Bonchev–Trinajstić information content (AvgIpc) is 2.63. The Morgan fingerprint density at radius 1 is 1.07 bits per heavy atom. The van der Waals surface area contributed by atoms with Crippen molar-refractivity contribution in [2.75, 3.05) is 18.5 Å². The van der Waals surface area contributed by atoms with Crippen LogP contribution >= 0.6 is 0 Å². The lowest BCUT2D eigenvalue weighted by Gasteiger charge is -2.13. The standard InChI is InChI=1S/C19H24N2O5S/c1-3-5-11-26-17-10-9-14(12-18(17)25-4-2)19(22)21-15-7-6-8-16(13-15)27(20,23)24/h6-10,12-13H,3-5,11H2,1-2H3,(H,21,22)(H2,20,23,24). The maximum Gasteiger partial charge on any atom is 0.255 e. The highest BCUT2D eigenvalue weighted by Crippen LogP contribution is 2.29. The van der Waals surface area contributed by atoms with Crippen molar-refractivity contribution in [3.8, 4) is 11.5 Å². The number of hydrogen-bond acceptors (Lipinski definition) is 5. The third-order valence-electron chi connectivity index (χ3n) is 3.68. The van der Waals surface area contributed by atoms with E-state index in [1.165, 1.54) is 18.2 Å². The van der Waals surface area contributed by atoms with Gasteiger partial charge in [-0.2, -0.15) is 0 Å². The third-order valence-corrected chi connectivity index (χ3v) is 4.59. The number of ether oxygens (including phenoxy) is 2. The van der Waals surface area contributed by atoms with Crippen LogP contribution in [0.15, 0.2) is 47.4 Å². The Morgan fingerprint density at radius 2 is 1.85 bits per heavy atom. The molecule has 2 aromatic carbocycles. The summed E-state index contributed by atoms with van der Waals surface area (Å²) in [5.41, 5.74) is 0.690. The molecule has 0 spiro atoms. The van der Waals surface area contributed by atoms with Gasteiger partial charge in [-0.15, -0.1) is 0 Å². The van der Waals surface area contributed by atoms with Crippen molar-refractivity contribution in [1.82, 2.24) is 0 Å². The summed E-state index contributed by atoms with van der Waals surface area (Å²) in [6.07, 6.45) is 1.94. The quantitative estimate of drug-likeness (QED) is 0.637. The van der Waals surface area contributed by atoms with Crippen LogP contribution in [0.25, 0.3) is 0 Å². The molecule has 0 saturated heterocycles. The lowest BCUT2D eigenvalue weighted by Crippen LogP contribution is -2.15. The summed E-state index contributed by atoms with van der Waals surface area (Å²) in [4.78, 5) is 12.4. The van der Waals surface area contributed by atoms with Crippen LogP contribution in [0.4, 0.5) is 5.69 Å². The smallest absolute Gasteiger partial charge is 0.255 e. The van der Waals surface area contributed by atoms with E-state index in [1.54, 1.807) is 24.3 Å². The molecule has 0 heterocycles. The monoisotopic (exact) mass is 392 g/mol. The van der Waals surface area contributed by atoms with Crippen molar-refractivity contribution in [3.63, 3.8) is 0 Å². The number of carbonyl (C=O) groups excluding carboxylic acids is 1. The van der Waals surface area contributed by atoms with E-state index in [1.807, 2.05) is 6.92 Å². The van der Waals surface area contributed by atoms with Gasteiger partial charge in [-0.25, -0.2) is 13.6 Å². The molecule has 0 fully saturated rings. The van der Waals surface area contributed by atoms with Crippen molar-refractivity contribution < 1.29 is 22.7 Å². The minimum atomic E-state index is -3.84. The molecule has 0 aliphatic heterocycles. The highest BCUT2D eigenvalue weighted by atomic mass is 32.2. The zero-order chi connectivity index (χ0) is 19.9. The average molecular weight is 392 g/mol. The zero-order valence-corrected chi connectivity index (χ0v) is 16.2. The van der Waals surface area contributed by atoms with Crippen LogP contribution in [0.1, 0.15) is 37.0 Å².